The molecular formula is C28H41Cl2NO2. The SMILES string of the molecule is C=C/C(C)=C\C(=C/CCl)OC(C)(C)C(=O)NC(C)C(C/C(C=C)=C/C=C(\C)Cl)C1CCCC1. The number of allylic oxidation sites excluding steroid dienone is 9. The van der Waals surface area contributed by atoms with E-state index < -0.39 is 5.60 Å². The number of halogens is 2. The fourth-order valence-corrected chi connectivity index (χ4v) is 4.38. The van der Waals surface area contributed by atoms with Crippen LogP contribution >= 0.6 is 23.2 Å². The lowest BCUT2D eigenvalue weighted by Crippen LogP contribution is -2.50. The Labute approximate surface area is 211 Å². The van der Waals surface area contributed by atoms with E-state index in [0.29, 0.717) is 23.5 Å². The van der Waals surface area contributed by atoms with E-state index >= 15 is 0 Å². The van der Waals surface area contributed by atoms with Crippen molar-refractivity contribution in [1.82, 2.24) is 5.32 Å². The van der Waals surface area contributed by atoms with Crippen LogP contribution in [0.2, 0.25) is 0 Å². The number of hydrogen-bond donors (Lipinski definition) is 1. The largest absolute Gasteiger partial charge is 0.478 e. The molecule has 0 aliphatic heterocycles. The Morgan fingerprint density at radius 2 is 1.82 bits per heavy atom. The van der Waals surface area contributed by atoms with Crippen molar-refractivity contribution in [3.8, 4) is 0 Å². The minimum Gasteiger partial charge on any atom is -0.478 e. The standard InChI is InChI=1S/C28H41Cl2NO2/c1-8-20(3)18-25(16-17-29)33-28(6,7)27(32)31-22(5)26(24-12-10-11-13-24)19-23(9-2)15-14-21(4)30/h8-9,14-16,18,22,24,26H,1-2,10-13,17,19H2,3-7H3,(H,31,32)/b20-18-,21-14+,23-15+,25-16+. The van der Waals surface area contributed by atoms with Gasteiger partial charge in [0.1, 0.15) is 5.76 Å². The molecule has 0 aromatic heterocycles. The number of carbonyl (C=O) groups is 1. The van der Waals surface area contributed by atoms with Crippen LogP contribution in [0.15, 0.2) is 71.6 Å². The summed E-state index contributed by atoms with van der Waals surface area (Å²) in [6, 6.07) is -0.0150. The Bertz CT molecular complexity index is 795. The fraction of sp³-hybridized carbons (Fsp3) is 0.536. The van der Waals surface area contributed by atoms with Gasteiger partial charge in [-0.05, 0) is 82.2 Å². The zero-order valence-corrected chi connectivity index (χ0v) is 22.4. The minimum atomic E-state index is -1.06. The summed E-state index contributed by atoms with van der Waals surface area (Å²) >= 11 is 11.9. The fourth-order valence-electron chi connectivity index (χ4n) is 4.17. The number of carbonyl (C=O) groups excluding carboxylic acids is 1. The third-order valence-corrected chi connectivity index (χ3v) is 6.44. The first-order valence-electron chi connectivity index (χ1n) is 11.8. The third kappa shape index (κ3) is 10.4. The lowest BCUT2D eigenvalue weighted by molar-refractivity contribution is -0.139. The van der Waals surface area contributed by atoms with Crippen LogP contribution in [-0.4, -0.2) is 23.4 Å². The van der Waals surface area contributed by atoms with Crippen molar-refractivity contribution in [2.75, 3.05) is 5.88 Å². The van der Waals surface area contributed by atoms with Gasteiger partial charge in [0.2, 0.25) is 0 Å². The molecule has 3 nitrogen and oxygen atoms in total. The number of amides is 1. The summed E-state index contributed by atoms with van der Waals surface area (Å²) in [5.41, 5.74) is 1.00. The molecule has 2 atom stereocenters. The van der Waals surface area contributed by atoms with Crippen LogP contribution in [-0.2, 0) is 9.53 Å². The molecular weight excluding hydrogens is 453 g/mol. The summed E-state index contributed by atoms with van der Waals surface area (Å²) in [7, 11) is 0. The predicted molar refractivity (Wildman–Crippen MR) is 143 cm³/mol. The monoisotopic (exact) mass is 493 g/mol. The van der Waals surface area contributed by atoms with Crippen LogP contribution in [0.4, 0.5) is 0 Å². The van der Waals surface area contributed by atoms with Gasteiger partial charge in [-0.1, -0.05) is 68.7 Å². The van der Waals surface area contributed by atoms with E-state index in [2.05, 4.69) is 25.4 Å². The van der Waals surface area contributed by atoms with Crippen molar-refractivity contribution >= 4 is 29.1 Å². The Morgan fingerprint density at radius 1 is 1.18 bits per heavy atom. The van der Waals surface area contributed by atoms with Crippen molar-refractivity contribution in [3.63, 3.8) is 0 Å². The molecule has 1 amide bonds. The molecule has 2 unspecified atom stereocenters. The van der Waals surface area contributed by atoms with Crippen LogP contribution in [0.25, 0.3) is 0 Å². The van der Waals surface area contributed by atoms with Gasteiger partial charge >= 0.3 is 0 Å². The number of nitrogens with one attached hydrogen (secondary N) is 1. The highest BCUT2D eigenvalue weighted by molar-refractivity contribution is 6.29. The predicted octanol–water partition coefficient (Wildman–Crippen LogP) is 7.99. The third-order valence-electron chi connectivity index (χ3n) is 6.16. The van der Waals surface area contributed by atoms with Crippen LogP contribution in [0, 0.1) is 11.8 Å². The van der Waals surface area contributed by atoms with Gasteiger partial charge in [-0.25, -0.2) is 0 Å². The quantitative estimate of drug-likeness (QED) is 0.160. The van der Waals surface area contributed by atoms with Crippen molar-refractivity contribution < 1.29 is 9.53 Å². The molecule has 0 aromatic carbocycles. The molecule has 0 heterocycles. The molecule has 0 bridgehead atoms. The van der Waals surface area contributed by atoms with Gasteiger partial charge in [0, 0.05) is 17.0 Å². The van der Waals surface area contributed by atoms with Crippen LogP contribution in [0.3, 0.4) is 0 Å². The highest BCUT2D eigenvalue weighted by Gasteiger charge is 2.35. The summed E-state index contributed by atoms with van der Waals surface area (Å²) in [4.78, 5) is 13.3. The van der Waals surface area contributed by atoms with Crippen LogP contribution in [0.5, 0.6) is 0 Å². The first kappa shape index (κ1) is 29.3. The average Bonchev–Trinajstić information content (AvgIpc) is 3.27. The van der Waals surface area contributed by atoms with Gasteiger partial charge < -0.3 is 10.1 Å². The molecule has 0 aromatic rings. The second-order valence-corrected chi connectivity index (χ2v) is 10.2. The molecule has 0 saturated heterocycles. The minimum absolute atomic E-state index is 0.0150. The normalized spacial score (nSPS) is 18.6. The molecule has 1 rings (SSSR count). The molecule has 0 radical (unpaired) electrons. The van der Waals surface area contributed by atoms with E-state index in [1.165, 1.54) is 25.7 Å². The Morgan fingerprint density at radius 3 is 2.33 bits per heavy atom. The van der Waals surface area contributed by atoms with E-state index in [9.17, 15) is 4.79 Å². The van der Waals surface area contributed by atoms with E-state index in [4.69, 9.17) is 27.9 Å². The second kappa shape index (κ2) is 14.5. The van der Waals surface area contributed by atoms with Crippen molar-refractivity contribution in [3.05, 3.63) is 71.6 Å². The Balaban J connectivity index is 3.03. The van der Waals surface area contributed by atoms with E-state index in [1.807, 2.05) is 38.2 Å². The summed E-state index contributed by atoms with van der Waals surface area (Å²) in [5, 5.41) is 3.97. The summed E-state index contributed by atoms with van der Waals surface area (Å²) < 4.78 is 6.08. The molecule has 5 heteroatoms. The molecule has 1 fully saturated rings. The van der Waals surface area contributed by atoms with Crippen molar-refractivity contribution in [2.45, 2.75) is 78.4 Å². The molecule has 33 heavy (non-hydrogen) atoms. The average molecular weight is 495 g/mol. The van der Waals surface area contributed by atoms with Crippen LogP contribution in [0.1, 0.15) is 66.7 Å². The smallest absolute Gasteiger partial charge is 0.263 e. The molecule has 1 N–H and O–H groups in total. The van der Waals surface area contributed by atoms with Gasteiger partial charge in [-0.3, -0.25) is 4.79 Å². The maximum atomic E-state index is 13.3. The zero-order valence-electron chi connectivity index (χ0n) is 20.9. The summed E-state index contributed by atoms with van der Waals surface area (Å²) in [5.74, 6) is 1.58. The van der Waals surface area contributed by atoms with E-state index in [0.717, 1.165) is 22.6 Å². The van der Waals surface area contributed by atoms with Crippen molar-refractivity contribution in [1.29, 1.82) is 0 Å². The molecule has 1 aliphatic carbocycles. The topological polar surface area (TPSA) is 38.3 Å². The summed E-state index contributed by atoms with van der Waals surface area (Å²) in [6.07, 6.45) is 16.8. The van der Waals surface area contributed by atoms with Gasteiger partial charge in [-0.15, -0.1) is 11.6 Å². The van der Waals surface area contributed by atoms with Gasteiger partial charge in [0.25, 0.3) is 5.91 Å². The van der Waals surface area contributed by atoms with E-state index in [-0.39, 0.29) is 11.9 Å². The number of alkyl halides is 1. The van der Waals surface area contributed by atoms with Gasteiger partial charge in [0.05, 0.1) is 0 Å². The zero-order chi connectivity index (χ0) is 25.0. The highest BCUT2D eigenvalue weighted by atomic mass is 35.5. The number of rotatable bonds is 13. The highest BCUT2D eigenvalue weighted by Crippen LogP contribution is 2.37. The first-order chi connectivity index (χ1) is 15.5. The second-order valence-electron chi connectivity index (χ2n) is 9.34. The lowest BCUT2D eigenvalue weighted by atomic mass is 9.80. The molecule has 184 valence electrons. The van der Waals surface area contributed by atoms with Crippen molar-refractivity contribution in [2.24, 2.45) is 11.8 Å². The maximum absolute atomic E-state index is 13.3. The molecule has 0 spiro atoms. The Kier molecular flexibility index (Phi) is 12.9. The molecule has 1 saturated carbocycles. The number of hydrogen-bond acceptors (Lipinski definition) is 2. The first-order valence-corrected chi connectivity index (χ1v) is 12.7. The summed E-state index contributed by atoms with van der Waals surface area (Å²) in [6.45, 7) is 17.2. The maximum Gasteiger partial charge on any atom is 0.263 e. The number of ether oxygens (including phenoxy) is 1. The van der Waals surface area contributed by atoms with Crippen LogP contribution < -0.4 is 5.32 Å². The lowest BCUT2D eigenvalue weighted by Gasteiger charge is -2.34. The Hall–Kier alpha value is -1.71. The van der Waals surface area contributed by atoms with Gasteiger partial charge in [0.15, 0.2) is 5.60 Å². The van der Waals surface area contributed by atoms with Gasteiger partial charge in [-0.2, -0.15) is 0 Å². The molecule has 1 aliphatic rings. The van der Waals surface area contributed by atoms with E-state index in [1.54, 1.807) is 26.0 Å².